The SMILES string of the molecule is O=C(Cc1ccc2nc[nH]c2c1)N1CCCN(C(=O)c2ccccn2)CC1. The number of carbonyl (C=O) groups excluding carboxylic acids is 2. The van der Waals surface area contributed by atoms with E-state index in [1.807, 2.05) is 29.2 Å². The van der Waals surface area contributed by atoms with Gasteiger partial charge in [-0.1, -0.05) is 12.1 Å². The van der Waals surface area contributed by atoms with Crippen molar-refractivity contribution >= 4 is 22.8 Å². The van der Waals surface area contributed by atoms with Gasteiger partial charge in [0, 0.05) is 32.4 Å². The number of benzene rings is 1. The van der Waals surface area contributed by atoms with E-state index in [-0.39, 0.29) is 11.8 Å². The third-order valence-corrected chi connectivity index (χ3v) is 4.86. The summed E-state index contributed by atoms with van der Waals surface area (Å²) in [5, 5.41) is 0. The number of nitrogens with one attached hydrogen (secondary N) is 1. The first-order valence-corrected chi connectivity index (χ1v) is 9.11. The lowest BCUT2D eigenvalue weighted by Crippen LogP contribution is -2.38. The lowest BCUT2D eigenvalue weighted by Gasteiger charge is -2.22. The van der Waals surface area contributed by atoms with Crippen LogP contribution in [-0.2, 0) is 11.2 Å². The van der Waals surface area contributed by atoms with Crippen LogP contribution in [0.5, 0.6) is 0 Å². The number of fused-ring (bicyclic) bond motifs is 1. The van der Waals surface area contributed by atoms with Crippen molar-refractivity contribution in [1.29, 1.82) is 0 Å². The van der Waals surface area contributed by atoms with Crippen LogP contribution in [-0.4, -0.2) is 62.7 Å². The summed E-state index contributed by atoms with van der Waals surface area (Å²) in [5.74, 6) is 0.00981. The molecule has 0 aliphatic carbocycles. The number of amides is 2. The number of rotatable bonds is 3. The molecule has 1 aromatic carbocycles. The molecule has 4 rings (SSSR count). The van der Waals surface area contributed by atoms with Crippen LogP contribution >= 0.6 is 0 Å². The van der Waals surface area contributed by atoms with E-state index in [4.69, 9.17) is 0 Å². The smallest absolute Gasteiger partial charge is 0.272 e. The first-order valence-electron chi connectivity index (χ1n) is 9.11. The molecule has 3 aromatic rings. The fourth-order valence-electron chi connectivity index (χ4n) is 3.40. The normalized spacial score (nSPS) is 15.0. The van der Waals surface area contributed by atoms with E-state index < -0.39 is 0 Å². The van der Waals surface area contributed by atoms with Crippen molar-refractivity contribution in [1.82, 2.24) is 24.8 Å². The van der Waals surface area contributed by atoms with Crippen molar-refractivity contribution in [3.63, 3.8) is 0 Å². The van der Waals surface area contributed by atoms with Crippen molar-refractivity contribution in [2.75, 3.05) is 26.2 Å². The monoisotopic (exact) mass is 363 g/mol. The Morgan fingerprint density at radius 2 is 1.85 bits per heavy atom. The van der Waals surface area contributed by atoms with Crippen LogP contribution in [0.4, 0.5) is 0 Å². The summed E-state index contributed by atoms with van der Waals surface area (Å²) in [7, 11) is 0. The number of H-pyrrole nitrogens is 1. The molecule has 0 bridgehead atoms. The number of aromatic amines is 1. The van der Waals surface area contributed by atoms with E-state index in [2.05, 4.69) is 15.0 Å². The Bertz CT molecular complexity index is 953. The van der Waals surface area contributed by atoms with Crippen LogP contribution in [0.2, 0.25) is 0 Å². The van der Waals surface area contributed by atoms with Crippen LogP contribution in [0.25, 0.3) is 11.0 Å². The molecular formula is C20H21N5O2. The van der Waals surface area contributed by atoms with Crippen molar-refractivity contribution in [3.8, 4) is 0 Å². The number of hydrogen-bond donors (Lipinski definition) is 1. The van der Waals surface area contributed by atoms with E-state index >= 15 is 0 Å². The van der Waals surface area contributed by atoms with Crippen LogP contribution in [0.3, 0.4) is 0 Å². The maximum absolute atomic E-state index is 12.7. The average Bonchev–Trinajstić information content (AvgIpc) is 3.02. The quantitative estimate of drug-likeness (QED) is 0.770. The molecule has 2 aromatic heterocycles. The molecule has 3 heterocycles. The van der Waals surface area contributed by atoms with E-state index in [0.29, 0.717) is 38.3 Å². The number of pyridine rings is 1. The minimum atomic E-state index is -0.0744. The maximum atomic E-state index is 12.7. The highest BCUT2D eigenvalue weighted by Crippen LogP contribution is 2.14. The molecule has 27 heavy (non-hydrogen) atoms. The number of nitrogens with zero attached hydrogens (tertiary/aromatic N) is 4. The van der Waals surface area contributed by atoms with E-state index in [0.717, 1.165) is 23.0 Å². The molecule has 0 atom stereocenters. The van der Waals surface area contributed by atoms with Crippen LogP contribution in [0, 0.1) is 0 Å². The van der Waals surface area contributed by atoms with Gasteiger partial charge >= 0.3 is 0 Å². The molecular weight excluding hydrogens is 342 g/mol. The highest BCUT2D eigenvalue weighted by molar-refractivity contribution is 5.92. The second-order valence-electron chi connectivity index (χ2n) is 6.67. The minimum absolute atomic E-state index is 0.0744. The molecule has 1 N–H and O–H groups in total. The Kier molecular flexibility index (Phi) is 4.82. The molecule has 7 nitrogen and oxygen atoms in total. The van der Waals surface area contributed by atoms with E-state index in [1.165, 1.54) is 0 Å². The van der Waals surface area contributed by atoms with E-state index in [1.54, 1.807) is 29.6 Å². The Hall–Kier alpha value is -3.22. The Morgan fingerprint density at radius 1 is 1.00 bits per heavy atom. The molecule has 1 aliphatic heterocycles. The van der Waals surface area contributed by atoms with Gasteiger partial charge in [-0.15, -0.1) is 0 Å². The highest BCUT2D eigenvalue weighted by atomic mass is 16.2. The van der Waals surface area contributed by atoms with Gasteiger partial charge in [-0.05, 0) is 36.2 Å². The second kappa shape index (κ2) is 7.57. The molecule has 2 amide bonds. The fourth-order valence-corrected chi connectivity index (χ4v) is 3.40. The summed E-state index contributed by atoms with van der Waals surface area (Å²) in [6.45, 7) is 2.38. The van der Waals surface area contributed by atoms with Gasteiger partial charge in [0.05, 0.1) is 23.8 Å². The Balaban J connectivity index is 1.38. The van der Waals surface area contributed by atoms with Crippen LogP contribution < -0.4 is 0 Å². The highest BCUT2D eigenvalue weighted by Gasteiger charge is 2.23. The first-order chi connectivity index (χ1) is 13.2. The largest absolute Gasteiger partial charge is 0.345 e. The molecule has 0 unspecified atom stereocenters. The zero-order valence-electron chi connectivity index (χ0n) is 15.0. The number of hydrogen-bond acceptors (Lipinski definition) is 4. The molecule has 7 heteroatoms. The third-order valence-electron chi connectivity index (χ3n) is 4.86. The standard InChI is InChI=1S/C20H21N5O2/c26-19(13-15-5-6-16-18(12-15)23-14-22-16)24-8-3-9-25(11-10-24)20(27)17-4-1-2-7-21-17/h1-2,4-7,12,14H,3,8-11,13H2,(H,22,23). The number of carbonyl (C=O) groups is 2. The summed E-state index contributed by atoms with van der Waals surface area (Å²) >= 11 is 0. The summed E-state index contributed by atoms with van der Waals surface area (Å²) in [4.78, 5) is 40.3. The van der Waals surface area contributed by atoms with Gasteiger partial charge in [-0.2, -0.15) is 0 Å². The van der Waals surface area contributed by atoms with Gasteiger partial charge in [-0.3, -0.25) is 14.6 Å². The summed E-state index contributed by atoms with van der Waals surface area (Å²) < 4.78 is 0. The molecule has 1 saturated heterocycles. The van der Waals surface area contributed by atoms with Crippen molar-refractivity contribution in [2.45, 2.75) is 12.8 Å². The van der Waals surface area contributed by atoms with Crippen molar-refractivity contribution in [2.24, 2.45) is 0 Å². The molecule has 1 fully saturated rings. The van der Waals surface area contributed by atoms with Crippen molar-refractivity contribution in [3.05, 3.63) is 60.2 Å². The van der Waals surface area contributed by atoms with Crippen molar-refractivity contribution < 1.29 is 9.59 Å². The van der Waals surface area contributed by atoms with Gasteiger partial charge in [0.2, 0.25) is 5.91 Å². The lowest BCUT2D eigenvalue weighted by molar-refractivity contribution is -0.130. The predicted octanol–water partition coefficient (Wildman–Crippen LogP) is 1.88. The predicted molar refractivity (Wildman–Crippen MR) is 101 cm³/mol. The summed E-state index contributed by atoms with van der Waals surface area (Å²) in [6.07, 6.45) is 4.39. The zero-order chi connectivity index (χ0) is 18.6. The minimum Gasteiger partial charge on any atom is -0.345 e. The molecule has 0 saturated carbocycles. The maximum Gasteiger partial charge on any atom is 0.272 e. The lowest BCUT2D eigenvalue weighted by atomic mass is 10.1. The first kappa shape index (κ1) is 17.2. The summed E-state index contributed by atoms with van der Waals surface area (Å²) in [5.41, 5.74) is 3.24. The zero-order valence-corrected chi connectivity index (χ0v) is 15.0. The third kappa shape index (κ3) is 3.81. The van der Waals surface area contributed by atoms with Crippen LogP contribution in [0.1, 0.15) is 22.5 Å². The fraction of sp³-hybridized carbons (Fsp3) is 0.300. The average molecular weight is 363 g/mol. The van der Waals surface area contributed by atoms with Gasteiger partial charge in [-0.25, -0.2) is 4.98 Å². The molecule has 0 radical (unpaired) electrons. The summed E-state index contributed by atoms with van der Waals surface area (Å²) in [6, 6.07) is 11.2. The van der Waals surface area contributed by atoms with E-state index in [9.17, 15) is 9.59 Å². The number of aromatic nitrogens is 3. The second-order valence-corrected chi connectivity index (χ2v) is 6.67. The number of imidazole rings is 1. The topological polar surface area (TPSA) is 82.2 Å². The Morgan fingerprint density at radius 3 is 2.70 bits per heavy atom. The van der Waals surface area contributed by atoms with Crippen LogP contribution in [0.15, 0.2) is 48.9 Å². The Labute approximate surface area is 157 Å². The molecule has 1 aliphatic rings. The van der Waals surface area contributed by atoms with Gasteiger partial charge in [0.25, 0.3) is 5.91 Å². The van der Waals surface area contributed by atoms with Gasteiger partial charge in [0.15, 0.2) is 0 Å². The molecule has 0 spiro atoms. The molecule has 138 valence electrons. The van der Waals surface area contributed by atoms with Gasteiger partial charge in [0.1, 0.15) is 5.69 Å². The van der Waals surface area contributed by atoms with Gasteiger partial charge < -0.3 is 14.8 Å².